The van der Waals surface area contributed by atoms with Crippen LogP contribution < -0.4 is 16.0 Å². The number of fused-ring (bicyclic) bond motifs is 1. The lowest BCUT2D eigenvalue weighted by atomic mass is 9.74. The van der Waals surface area contributed by atoms with Crippen LogP contribution >= 0.6 is 24.8 Å². The molecule has 0 bridgehead atoms. The van der Waals surface area contributed by atoms with E-state index < -0.39 is 5.54 Å². The molecule has 2 amide bonds. The van der Waals surface area contributed by atoms with E-state index in [1.165, 1.54) is 0 Å². The minimum atomic E-state index is -0.452. The average Bonchev–Trinajstić information content (AvgIpc) is 3.11. The van der Waals surface area contributed by atoms with Gasteiger partial charge in [0.2, 0.25) is 5.91 Å². The molecule has 4 rings (SSSR count). The number of carbonyl (C=O) groups is 2. The van der Waals surface area contributed by atoms with E-state index in [0.29, 0.717) is 12.1 Å². The Morgan fingerprint density at radius 2 is 2.03 bits per heavy atom. The van der Waals surface area contributed by atoms with Gasteiger partial charge in [0.15, 0.2) is 0 Å². The second kappa shape index (κ2) is 9.77. The Morgan fingerprint density at radius 1 is 1.23 bits per heavy atom. The summed E-state index contributed by atoms with van der Waals surface area (Å²) in [6, 6.07) is 9.28. The molecule has 1 fully saturated rings. The first-order valence-corrected chi connectivity index (χ1v) is 9.90. The molecule has 1 aliphatic heterocycles. The van der Waals surface area contributed by atoms with Crippen LogP contribution in [-0.2, 0) is 11.2 Å². The third-order valence-electron chi connectivity index (χ3n) is 5.97. The summed E-state index contributed by atoms with van der Waals surface area (Å²) >= 11 is 0. The highest BCUT2D eigenvalue weighted by molar-refractivity contribution is 6.07. The monoisotopic (exact) mass is 450 g/mol. The molecule has 1 aliphatic carbocycles. The summed E-state index contributed by atoms with van der Waals surface area (Å²) in [7, 11) is 0. The van der Waals surface area contributed by atoms with E-state index in [1.54, 1.807) is 29.4 Å². The van der Waals surface area contributed by atoms with E-state index in [1.807, 2.05) is 25.1 Å². The quantitative estimate of drug-likeness (QED) is 0.739. The number of nitrogens with two attached hydrogens (primary N) is 1. The molecular weight excluding hydrogens is 423 g/mol. The topological polar surface area (TPSA) is 88.3 Å². The van der Waals surface area contributed by atoms with Gasteiger partial charge in [0.25, 0.3) is 5.91 Å². The molecule has 2 aromatic rings. The van der Waals surface area contributed by atoms with E-state index in [9.17, 15) is 9.59 Å². The molecule has 1 aromatic carbocycles. The number of nitrogens with one attached hydrogen (secondary N) is 1. The number of carbonyl (C=O) groups excluding carboxylic acids is 2. The van der Waals surface area contributed by atoms with Gasteiger partial charge in [0, 0.05) is 35.9 Å². The predicted octanol–water partition coefficient (Wildman–Crippen LogP) is 3.97. The number of halogens is 2. The van der Waals surface area contributed by atoms with Gasteiger partial charge in [-0.25, -0.2) is 0 Å². The van der Waals surface area contributed by atoms with Crippen molar-refractivity contribution < 1.29 is 9.59 Å². The summed E-state index contributed by atoms with van der Waals surface area (Å²) < 4.78 is 0. The van der Waals surface area contributed by atoms with Gasteiger partial charge in [-0.2, -0.15) is 0 Å². The molecular formula is C22H28Cl2N4O2. The number of hydrogen-bond acceptors (Lipinski definition) is 4. The highest BCUT2D eigenvalue weighted by atomic mass is 35.5. The van der Waals surface area contributed by atoms with Gasteiger partial charge in [-0.1, -0.05) is 12.8 Å². The van der Waals surface area contributed by atoms with Gasteiger partial charge in [-0.05, 0) is 62.1 Å². The number of hydrogen-bond donors (Lipinski definition) is 2. The molecule has 0 radical (unpaired) electrons. The predicted molar refractivity (Wildman–Crippen MR) is 124 cm³/mol. The van der Waals surface area contributed by atoms with Crippen molar-refractivity contribution in [3.63, 3.8) is 0 Å². The average molecular weight is 451 g/mol. The van der Waals surface area contributed by atoms with Gasteiger partial charge in [0.1, 0.15) is 0 Å². The van der Waals surface area contributed by atoms with Crippen molar-refractivity contribution in [1.29, 1.82) is 0 Å². The lowest BCUT2D eigenvalue weighted by Gasteiger charge is -2.37. The zero-order chi connectivity index (χ0) is 19.7. The van der Waals surface area contributed by atoms with Crippen LogP contribution in [0.4, 0.5) is 11.4 Å². The molecule has 2 unspecified atom stereocenters. The summed E-state index contributed by atoms with van der Waals surface area (Å²) in [5, 5.41) is 3.04. The molecule has 2 atom stereocenters. The van der Waals surface area contributed by atoms with Gasteiger partial charge in [-0.15, -0.1) is 24.8 Å². The third kappa shape index (κ3) is 4.77. The summed E-state index contributed by atoms with van der Waals surface area (Å²) in [6.07, 6.45) is 7.84. The Morgan fingerprint density at radius 3 is 2.73 bits per heavy atom. The number of amides is 2. The molecule has 2 aliphatic rings. The Balaban J connectivity index is 0.00000160. The number of pyridine rings is 1. The van der Waals surface area contributed by atoms with Crippen LogP contribution in [0, 0.1) is 5.92 Å². The van der Waals surface area contributed by atoms with Gasteiger partial charge in [0.05, 0.1) is 11.5 Å². The largest absolute Gasteiger partial charge is 0.326 e. The molecule has 8 heteroatoms. The highest BCUT2D eigenvalue weighted by Gasteiger charge is 2.38. The van der Waals surface area contributed by atoms with Gasteiger partial charge < -0.3 is 16.0 Å². The maximum atomic E-state index is 12.8. The van der Waals surface area contributed by atoms with Crippen molar-refractivity contribution in [2.45, 2.75) is 44.6 Å². The molecule has 2 heterocycles. The fraction of sp³-hybridized carbons (Fsp3) is 0.409. The number of anilines is 2. The number of benzene rings is 1. The molecule has 162 valence electrons. The van der Waals surface area contributed by atoms with Crippen molar-refractivity contribution in [3.05, 3.63) is 53.9 Å². The van der Waals surface area contributed by atoms with Gasteiger partial charge >= 0.3 is 0 Å². The molecule has 0 saturated heterocycles. The Kier molecular flexibility index (Phi) is 7.86. The number of aromatic nitrogens is 1. The van der Waals surface area contributed by atoms with Crippen LogP contribution in [-0.4, -0.2) is 28.9 Å². The first kappa shape index (κ1) is 24.1. The van der Waals surface area contributed by atoms with E-state index in [-0.39, 0.29) is 42.5 Å². The summed E-state index contributed by atoms with van der Waals surface area (Å²) in [5.74, 6) is -0.228. The first-order valence-electron chi connectivity index (χ1n) is 9.90. The van der Waals surface area contributed by atoms with Crippen LogP contribution in [0.25, 0.3) is 0 Å². The van der Waals surface area contributed by atoms with E-state index in [4.69, 9.17) is 5.73 Å². The lowest BCUT2D eigenvalue weighted by Crippen LogP contribution is -2.51. The summed E-state index contributed by atoms with van der Waals surface area (Å²) in [4.78, 5) is 31.3. The molecule has 30 heavy (non-hydrogen) atoms. The Bertz CT molecular complexity index is 905. The summed E-state index contributed by atoms with van der Waals surface area (Å²) in [6.45, 7) is 2.60. The van der Waals surface area contributed by atoms with Crippen molar-refractivity contribution in [2.75, 3.05) is 16.8 Å². The second-order valence-electron chi connectivity index (χ2n) is 8.09. The van der Waals surface area contributed by atoms with E-state index in [0.717, 1.165) is 49.0 Å². The summed E-state index contributed by atoms with van der Waals surface area (Å²) in [5.41, 5.74) is 9.21. The molecule has 1 saturated carbocycles. The smallest absolute Gasteiger partial charge is 0.259 e. The maximum absolute atomic E-state index is 12.8. The second-order valence-corrected chi connectivity index (χ2v) is 8.09. The standard InChI is InChI=1S/C22H26N4O2.2ClH/c1-22(23)10-3-2-6-18(22)20(27)25-17-7-8-19-15(13-17)9-12-26(19)21(28)16-5-4-11-24-14-16;;/h4-5,7-8,11,13-14,18H,2-3,6,9-10,12,23H2,1H3,(H,25,27);2*1H. The van der Waals surface area contributed by atoms with Gasteiger partial charge in [-0.3, -0.25) is 14.6 Å². The number of nitrogens with zero attached hydrogens (tertiary/aromatic N) is 2. The van der Waals surface area contributed by atoms with Crippen LogP contribution in [0.2, 0.25) is 0 Å². The zero-order valence-electron chi connectivity index (χ0n) is 17.0. The third-order valence-corrected chi connectivity index (χ3v) is 5.97. The highest BCUT2D eigenvalue weighted by Crippen LogP contribution is 2.34. The van der Waals surface area contributed by atoms with Crippen LogP contribution in [0.15, 0.2) is 42.7 Å². The molecule has 3 N–H and O–H groups in total. The SMILES string of the molecule is CC1(N)CCCCC1C(=O)Nc1ccc2c(c1)CCN2C(=O)c1cccnc1.Cl.Cl. The normalized spacial score (nSPS) is 22.3. The van der Waals surface area contributed by atoms with E-state index in [2.05, 4.69) is 10.3 Å². The van der Waals surface area contributed by atoms with Crippen LogP contribution in [0.5, 0.6) is 0 Å². The Labute approximate surface area is 189 Å². The molecule has 0 spiro atoms. The van der Waals surface area contributed by atoms with Crippen molar-refractivity contribution in [3.8, 4) is 0 Å². The van der Waals surface area contributed by atoms with Crippen LogP contribution in [0.3, 0.4) is 0 Å². The van der Waals surface area contributed by atoms with E-state index >= 15 is 0 Å². The molecule has 6 nitrogen and oxygen atoms in total. The lowest BCUT2D eigenvalue weighted by molar-refractivity contribution is -0.122. The van der Waals surface area contributed by atoms with Crippen molar-refractivity contribution in [2.24, 2.45) is 11.7 Å². The minimum absolute atomic E-state index is 0. The van der Waals surface area contributed by atoms with Crippen molar-refractivity contribution in [1.82, 2.24) is 4.98 Å². The molecule has 1 aromatic heterocycles. The Hall–Kier alpha value is -2.15. The fourth-order valence-corrected chi connectivity index (χ4v) is 4.35. The zero-order valence-corrected chi connectivity index (χ0v) is 18.6. The van der Waals surface area contributed by atoms with Crippen molar-refractivity contribution >= 4 is 48.0 Å². The maximum Gasteiger partial charge on any atom is 0.259 e. The minimum Gasteiger partial charge on any atom is -0.326 e. The first-order chi connectivity index (χ1) is 13.5. The number of rotatable bonds is 3. The fourth-order valence-electron chi connectivity index (χ4n) is 4.35. The van der Waals surface area contributed by atoms with Crippen LogP contribution in [0.1, 0.15) is 48.5 Å².